The normalized spacial score (nSPS) is 16.8. The first-order valence-corrected chi connectivity index (χ1v) is 9.53. The summed E-state index contributed by atoms with van der Waals surface area (Å²) in [6.45, 7) is 1.28. The van der Waals surface area contributed by atoms with Gasteiger partial charge in [0.1, 0.15) is 0 Å². The highest BCUT2D eigenvalue weighted by atomic mass is 16.5. The van der Waals surface area contributed by atoms with Gasteiger partial charge in [-0.2, -0.15) is 0 Å². The van der Waals surface area contributed by atoms with Crippen molar-refractivity contribution in [3.8, 4) is 5.88 Å². The zero-order valence-corrected chi connectivity index (χ0v) is 15.1. The van der Waals surface area contributed by atoms with E-state index in [9.17, 15) is 0 Å². The van der Waals surface area contributed by atoms with Crippen LogP contribution in [-0.2, 0) is 19.4 Å². The van der Waals surface area contributed by atoms with E-state index in [1.54, 1.807) is 6.20 Å². The number of benzene rings is 1. The van der Waals surface area contributed by atoms with Crippen LogP contribution in [0.4, 0.5) is 5.69 Å². The molecule has 5 nitrogen and oxygen atoms in total. The third kappa shape index (κ3) is 4.34. The highest BCUT2D eigenvalue weighted by molar-refractivity contribution is 5.93. The molecule has 26 heavy (non-hydrogen) atoms. The Morgan fingerprint density at radius 1 is 1.23 bits per heavy atom. The Kier molecular flexibility index (Phi) is 5.04. The van der Waals surface area contributed by atoms with E-state index in [2.05, 4.69) is 33.5 Å². The van der Waals surface area contributed by atoms with Crippen molar-refractivity contribution in [3.05, 3.63) is 53.2 Å². The Hall–Kier alpha value is -2.56. The lowest BCUT2D eigenvalue weighted by Crippen LogP contribution is -2.24. The average molecular weight is 350 g/mol. The van der Waals surface area contributed by atoms with Crippen LogP contribution >= 0.6 is 0 Å². The van der Waals surface area contributed by atoms with Gasteiger partial charge in [0.05, 0.1) is 13.2 Å². The first kappa shape index (κ1) is 16.9. The standard InChI is InChI=1S/C21H26N4O/c22-21(25-19-7-3-5-17-4-1-2-6-18(17)19)24-13-16-10-11-23-20(12-16)26-14-15-8-9-15/h3,5,7,10-12,15H,1-2,4,6,8-9,13-14H2,(H3,22,24,25). The van der Waals surface area contributed by atoms with Crippen molar-refractivity contribution in [2.75, 3.05) is 11.9 Å². The molecule has 3 N–H and O–H groups in total. The first-order valence-electron chi connectivity index (χ1n) is 9.53. The zero-order chi connectivity index (χ0) is 17.8. The molecule has 0 atom stereocenters. The minimum atomic E-state index is 0.446. The Bertz CT molecular complexity index is 798. The topological polar surface area (TPSA) is 72.5 Å². The van der Waals surface area contributed by atoms with Crippen LogP contribution in [0.25, 0.3) is 0 Å². The smallest absolute Gasteiger partial charge is 0.213 e. The van der Waals surface area contributed by atoms with Crippen molar-refractivity contribution in [3.63, 3.8) is 0 Å². The van der Waals surface area contributed by atoms with Crippen LogP contribution in [0.15, 0.2) is 41.5 Å². The van der Waals surface area contributed by atoms with Crippen molar-refractivity contribution in [2.45, 2.75) is 45.1 Å². The molecule has 1 saturated carbocycles. The molecule has 0 bridgehead atoms. The van der Waals surface area contributed by atoms with Crippen molar-refractivity contribution in [1.29, 1.82) is 0 Å². The summed E-state index contributed by atoms with van der Waals surface area (Å²) in [5, 5.41) is 3.28. The summed E-state index contributed by atoms with van der Waals surface area (Å²) in [6, 6.07) is 10.3. The predicted octanol–water partition coefficient (Wildman–Crippen LogP) is 3.68. The van der Waals surface area contributed by atoms with E-state index in [1.165, 1.54) is 36.8 Å². The number of fused-ring (bicyclic) bond motifs is 1. The summed E-state index contributed by atoms with van der Waals surface area (Å²) < 4.78 is 5.73. The highest BCUT2D eigenvalue weighted by Crippen LogP contribution is 2.29. The molecule has 2 aliphatic rings. The Balaban J connectivity index is 1.38. The van der Waals surface area contributed by atoms with Crippen LogP contribution in [0.3, 0.4) is 0 Å². The fourth-order valence-corrected chi connectivity index (χ4v) is 3.37. The lowest BCUT2D eigenvalue weighted by Gasteiger charge is -2.19. The second-order valence-corrected chi connectivity index (χ2v) is 7.23. The van der Waals surface area contributed by atoms with E-state index < -0.39 is 0 Å². The third-order valence-electron chi connectivity index (χ3n) is 5.05. The summed E-state index contributed by atoms with van der Waals surface area (Å²) in [7, 11) is 0. The van der Waals surface area contributed by atoms with E-state index in [4.69, 9.17) is 10.5 Å². The van der Waals surface area contributed by atoms with Gasteiger partial charge in [0.15, 0.2) is 5.96 Å². The molecule has 0 saturated heterocycles. The lowest BCUT2D eigenvalue weighted by molar-refractivity contribution is 0.288. The monoisotopic (exact) mass is 350 g/mol. The van der Waals surface area contributed by atoms with Crippen LogP contribution in [0.2, 0.25) is 0 Å². The summed E-state index contributed by atoms with van der Waals surface area (Å²) in [4.78, 5) is 8.75. The third-order valence-corrected chi connectivity index (χ3v) is 5.05. The van der Waals surface area contributed by atoms with Gasteiger partial charge in [-0.1, -0.05) is 12.1 Å². The number of nitrogens with zero attached hydrogens (tertiary/aromatic N) is 2. The number of hydrogen-bond donors (Lipinski definition) is 2. The van der Waals surface area contributed by atoms with E-state index >= 15 is 0 Å². The molecule has 1 aromatic carbocycles. The number of aryl methyl sites for hydroxylation is 1. The van der Waals surface area contributed by atoms with Crippen LogP contribution in [0.5, 0.6) is 5.88 Å². The van der Waals surface area contributed by atoms with Gasteiger partial charge in [-0.3, -0.25) is 0 Å². The van der Waals surface area contributed by atoms with E-state index in [0.29, 0.717) is 18.4 Å². The predicted molar refractivity (Wildman–Crippen MR) is 104 cm³/mol. The van der Waals surface area contributed by atoms with Gasteiger partial charge in [0.25, 0.3) is 0 Å². The molecule has 0 spiro atoms. The summed E-state index contributed by atoms with van der Waals surface area (Å²) >= 11 is 0. The number of hydrogen-bond acceptors (Lipinski definition) is 3. The van der Waals surface area contributed by atoms with Gasteiger partial charge in [0.2, 0.25) is 5.88 Å². The van der Waals surface area contributed by atoms with Crippen molar-refractivity contribution < 1.29 is 4.74 Å². The van der Waals surface area contributed by atoms with Gasteiger partial charge < -0.3 is 15.8 Å². The molecule has 2 aromatic rings. The fourth-order valence-electron chi connectivity index (χ4n) is 3.37. The Morgan fingerprint density at radius 2 is 2.12 bits per heavy atom. The maximum Gasteiger partial charge on any atom is 0.213 e. The van der Waals surface area contributed by atoms with Gasteiger partial charge in [-0.05, 0) is 73.3 Å². The number of rotatable bonds is 6. The van der Waals surface area contributed by atoms with Gasteiger partial charge >= 0.3 is 0 Å². The van der Waals surface area contributed by atoms with Crippen molar-refractivity contribution >= 4 is 11.6 Å². The lowest BCUT2D eigenvalue weighted by atomic mass is 9.90. The second kappa shape index (κ2) is 7.77. The zero-order valence-electron chi connectivity index (χ0n) is 15.1. The summed E-state index contributed by atoms with van der Waals surface area (Å²) in [5.41, 5.74) is 11.1. The minimum absolute atomic E-state index is 0.446. The van der Waals surface area contributed by atoms with Crippen LogP contribution < -0.4 is 15.8 Å². The van der Waals surface area contributed by atoms with Crippen molar-refractivity contribution in [1.82, 2.24) is 4.98 Å². The quantitative estimate of drug-likeness (QED) is 0.616. The number of anilines is 1. The molecular weight excluding hydrogens is 324 g/mol. The van der Waals surface area contributed by atoms with Crippen LogP contribution in [0, 0.1) is 5.92 Å². The molecule has 0 amide bonds. The molecule has 2 aliphatic carbocycles. The molecule has 0 unspecified atom stereocenters. The number of pyridine rings is 1. The number of nitrogens with two attached hydrogens (primary N) is 1. The first-order chi connectivity index (χ1) is 12.8. The minimum Gasteiger partial charge on any atom is -0.477 e. The van der Waals surface area contributed by atoms with Crippen LogP contribution in [-0.4, -0.2) is 17.6 Å². The van der Waals surface area contributed by atoms with Gasteiger partial charge in [-0.25, -0.2) is 9.98 Å². The maximum absolute atomic E-state index is 6.12. The van der Waals surface area contributed by atoms with Crippen LogP contribution in [0.1, 0.15) is 42.4 Å². The number of guanidine groups is 1. The largest absolute Gasteiger partial charge is 0.477 e. The molecule has 5 heteroatoms. The number of aromatic nitrogens is 1. The van der Waals surface area contributed by atoms with Crippen molar-refractivity contribution in [2.24, 2.45) is 16.6 Å². The molecule has 0 radical (unpaired) electrons. The number of aliphatic imine (C=N–C) groups is 1. The maximum atomic E-state index is 6.12. The summed E-state index contributed by atoms with van der Waals surface area (Å²) in [6.07, 6.45) is 9.09. The van der Waals surface area contributed by atoms with E-state index in [-0.39, 0.29) is 0 Å². The SMILES string of the molecule is NC(=NCc1ccnc(OCC2CC2)c1)Nc1cccc2c1CCCC2. The summed E-state index contributed by atoms with van der Waals surface area (Å²) in [5.74, 6) is 1.84. The fraction of sp³-hybridized carbons (Fsp3) is 0.429. The Labute approximate surface area is 154 Å². The molecule has 1 heterocycles. The highest BCUT2D eigenvalue weighted by Gasteiger charge is 2.22. The molecule has 0 aliphatic heterocycles. The molecule has 1 fully saturated rings. The molecule has 4 rings (SSSR count). The average Bonchev–Trinajstić information content (AvgIpc) is 3.50. The van der Waals surface area contributed by atoms with E-state index in [1.807, 2.05) is 12.1 Å². The van der Waals surface area contributed by atoms with Gasteiger partial charge in [0, 0.05) is 18.0 Å². The molecule has 136 valence electrons. The second-order valence-electron chi connectivity index (χ2n) is 7.23. The van der Waals surface area contributed by atoms with E-state index in [0.717, 1.165) is 36.6 Å². The number of ether oxygens (including phenoxy) is 1. The molecule has 1 aromatic heterocycles. The Morgan fingerprint density at radius 3 is 3.00 bits per heavy atom. The molecular formula is C21H26N4O. The van der Waals surface area contributed by atoms with Gasteiger partial charge in [-0.15, -0.1) is 0 Å². The number of nitrogens with one attached hydrogen (secondary N) is 1.